The van der Waals surface area contributed by atoms with Crippen molar-refractivity contribution in [3.8, 4) is 22.7 Å². The third kappa shape index (κ3) is 6.95. The van der Waals surface area contributed by atoms with Crippen LogP contribution in [0.1, 0.15) is 34.1 Å². The van der Waals surface area contributed by atoms with Gasteiger partial charge < -0.3 is 14.0 Å². The van der Waals surface area contributed by atoms with Crippen molar-refractivity contribution in [1.82, 2.24) is 9.99 Å². The molecule has 0 spiro atoms. The second-order valence-corrected chi connectivity index (χ2v) is 9.74. The maximum atomic E-state index is 12.8. The summed E-state index contributed by atoms with van der Waals surface area (Å²) in [5.41, 5.74) is 8.89. The number of benzene rings is 3. The average Bonchev–Trinajstić information content (AvgIpc) is 3.34. The summed E-state index contributed by atoms with van der Waals surface area (Å²) in [5, 5.41) is 4.14. The smallest absolute Gasteiger partial charge is 0.344 e. The highest BCUT2D eigenvalue weighted by molar-refractivity contribution is 9.10. The first kappa shape index (κ1) is 28.6. The predicted molar refractivity (Wildman–Crippen MR) is 161 cm³/mol. The number of aryl methyl sites for hydroxylation is 1. The first-order valence-electron chi connectivity index (χ1n) is 12.8. The predicted octanol–water partition coefficient (Wildman–Crippen LogP) is 6.65. The fraction of sp³-hybridized carbons (Fsp3) is 0.156. The molecule has 3 aromatic carbocycles. The van der Waals surface area contributed by atoms with Crippen LogP contribution in [0.25, 0.3) is 16.9 Å². The molecular formula is C32H30BrN3O4. The Morgan fingerprint density at radius 1 is 1.05 bits per heavy atom. The van der Waals surface area contributed by atoms with Crippen molar-refractivity contribution in [1.29, 1.82) is 0 Å². The number of halogens is 1. The van der Waals surface area contributed by atoms with E-state index in [0.717, 1.165) is 33.8 Å². The molecule has 7 nitrogen and oxygen atoms in total. The average molecular weight is 601 g/mol. The van der Waals surface area contributed by atoms with Crippen LogP contribution in [0.15, 0.2) is 101 Å². The van der Waals surface area contributed by atoms with E-state index in [1.54, 1.807) is 37.4 Å². The molecule has 0 aliphatic carbocycles. The van der Waals surface area contributed by atoms with Gasteiger partial charge in [0.2, 0.25) is 0 Å². The minimum atomic E-state index is -0.444. The number of allylic oxidation sites excluding steroid dienone is 1. The summed E-state index contributed by atoms with van der Waals surface area (Å²) in [6.45, 7) is 7.68. The molecule has 0 radical (unpaired) electrons. The Hall–Kier alpha value is -4.43. The van der Waals surface area contributed by atoms with Gasteiger partial charge in [-0.3, -0.25) is 4.79 Å². The van der Waals surface area contributed by atoms with E-state index in [2.05, 4.69) is 68.8 Å². The highest BCUT2D eigenvalue weighted by Gasteiger charge is 2.13. The Morgan fingerprint density at radius 3 is 2.50 bits per heavy atom. The Labute approximate surface area is 242 Å². The largest absolute Gasteiger partial charge is 0.480 e. The molecule has 4 aromatic rings. The molecule has 4 rings (SSSR count). The van der Waals surface area contributed by atoms with Crippen LogP contribution < -0.4 is 10.2 Å². The molecule has 40 heavy (non-hydrogen) atoms. The van der Waals surface area contributed by atoms with Gasteiger partial charge in [0.1, 0.15) is 5.75 Å². The molecule has 0 atom stereocenters. The molecule has 1 N–H and O–H groups in total. The normalized spacial score (nSPS) is 10.9. The van der Waals surface area contributed by atoms with Crippen molar-refractivity contribution < 1.29 is 19.1 Å². The molecule has 1 aromatic heterocycles. The number of ether oxygens (including phenoxy) is 2. The van der Waals surface area contributed by atoms with Crippen molar-refractivity contribution in [2.24, 2.45) is 5.10 Å². The molecule has 204 valence electrons. The topological polar surface area (TPSA) is 81.9 Å². The summed E-state index contributed by atoms with van der Waals surface area (Å²) >= 11 is 3.50. The van der Waals surface area contributed by atoms with Gasteiger partial charge in [0, 0.05) is 16.9 Å². The van der Waals surface area contributed by atoms with Gasteiger partial charge in [0.25, 0.3) is 5.91 Å². The fourth-order valence-corrected chi connectivity index (χ4v) is 4.89. The maximum absolute atomic E-state index is 12.8. The molecule has 1 amide bonds. The number of rotatable bonds is 11. The van der Waals surface area contributed by atoms with Crippen LogP contribution in [-0.2, 0) is 16.0 Å². The van der Waals surface area contributed by atoms with Crippen molar-refractivity contribution in [3.63, 3.8) is 0 Å². The van der Waals surface area contributed by atoms with E-state index in [1.807, 2.05) is 36.4 Å². The van der Waals surface area contributed by atoms with Gasteiger partial charge >= 0.3 is 5.97 Å². The summed E-state index contributed by atoms with van der Waals surface area (Å²) < 4.78 is 13.4. The van der Waals surface area contributed by atoms with Crippen molar-refractivity contribution >= 4 is 34.0 Å². The SMILES string of the molecule is C=CCc1cc(/C=N/NC(=O)c2ccc(-n3c(C)ccc3-c3ccccc3)cc2)cc(Br)c1OCC(=O)OCC. The van der Waals surface area contributed by atoms with Crippen molar-refractivity contribution in [2.45, 2.75) is 20.3 Å². The monoisotopic (exact) mass is 599 g/mol. The van der Waals surface area contributed by atoms with Crippen molar-refractivity contribution in [2.75, 3.05) is 13.2 Å². The van der Waals surface area contributed by atoms with Gasteiger partial charge in [-0.05, 0) is 101 Å². The molecule has 0 saturated heterocycles. The Bertz CT molecular complexity index is 1530. The van der Waals surface area contributed by atoms with Crippen LogP contribution in [0.3, 0.4) is 0 Å². The highest BCUT2D eigenvalue weighted by atomic mass is 79.9. The van der Waals surface area contributed by atoms with E-state index in [-0.39, 0.29) is 19.1 Å². The van der Waals surface area contributed by atoms with Crippen LogP contribution in [-0.4, -0.2) is 35.9 Å². The lowest BCUT2D eigenvalue weighted by Crippen LogP contribution is -2.17. The van der Waals surface area contributed by atoms with Crippen LogP contribution in [0.5, 0.6) is 5.75 Å². The number of hydrogen-bond donors (Lipinski definition) is 1. The summed E-state index contributed by atoms with van der Waals surface area (Å²) in [5.74, 6) is -0.238. The fourth-order valence-electron chi connectivity index (χ4n) is 4.26. The van der Waals surface area contributed by atoms with Crippen LogP contribution in [0, 0.1) is 6.92 Å². The van der Waals surface area contributed by atoms with Gasteiger partial charge in [0.05, 0.1) is 23.0 Å². The molecular weight excluding hydrogens is 570 g/mol. The summed E-state index contributed by atoms with van der Waals surface area (Å²) in [6.07, 6.45) is 3.81. The molecule has 0 aliphatic rings. The zero-order valence-electron chi connectivity index (χ0n) is 22.4. The number of nitrogens with one attached hydrogen (secondary N) is 1. The minimum Gasteiger partial charge on any atom is -0.480 e. The van der Waals surface area contributed by atoms with Gasteiger partial charge in [-0.2, -0.15) is 5.10 Å². The van der Waals surface area contributed by atoms with E-state index >= 15 is 0 Å². The van der Waals surface area contributed by atoms with E-state index in [4.69, 9.17) is 9.47 Å². The standard InChI is InChI=1S/C32H30BrN3O4/c1-4-9-26-18-23(19-28(33)31(26)40-21-30(37)39-5-2)20-34-35-32(38)25-13-15-27(16-14-25)36-22(3)12-17-29(36)24-10-7-6-8-11-24/h4,6-8,10-20H,1,5,9,21H2,2-3H3,(H,35,38)/b34-20+. The summed E-state index contributed by atoms with van der Waals surface area (Å²) in [7, 11) is 0. The maximum Gasteiger partial charge on any atom is 0.344 e. The second-order valence-electron chi connectivity index (χ2n) is 8.88. The van der Waals surface area contributed by atoms with E-state index < -0.39 is 5.97 Å². The molecule has 0 unspecified atom stereocenters. The number of carbonyl (C=O) groups is 2. The van der Waals surface area contributed by atoms with Gasteiger partial charge in [-0.1, -0.05) is 36.4 Å². The van der Waals surface area contributed by atoms with Crippen LogP contribution in [0.4, 0.5) is 0 Å². The Balaban J connectivity index is 1.45. The summed E-state index contributed by atoms with van der Waals surface area (Å²) in [6, 6.07) is 25.4. The second kappa shape index (κ2) is 13.6. The lowest BCUT2D eigenvalue weighted by Gasteiger charge is -2.13. The number of esters is 1. The van der Waals surface area contributed by atoms with Crippen molar-refractivity contribution in [3.05, 3.63) is 118 Å². The van der Waals surface area contributed by atoms with Crippen LogP contribution in [0.2, 0.25) is 0 Å². The quantitative estimate of drug-likeness (QED) is 0.0905. The molecule has 0 aliphatic heterocycles. The van der Waals surface area contributed by atoms with E-state index in [1.165, 1.54) is 0 Å². The van der Waals surface area contributed by atoms with Gasteiger partial charge in [-0.15, -0.1) is 6.58 Å². The Kier molecular flexibility index (Phi) is 9.70. The third-order valence-electron chi connectivity index (χ3n) is 6.06. The molecule has 0 bridgehead atoms. The first-order chi connectivity index (χ1) is 19.4. The molecule has 1 heterocycles. The zero-order chi connectivity index (χ0) is 28.5. The molecule has 8 heteroatoms. The third-order valence-corrected chi connectivity index (χ3v) is 6.65. The minimum absolute atomic E-state index is 0.198. The first-order valence-corrected chi connectivity index (χ1v) is 13.6. The number of carbonyl (C=O) groups excluding carboxylic acids is 2. The molecule has 0 saturated carbocycles. The lowest BCUT2D eigenvalue weighted by molar-refractivity contribution is -0.145. The van der Waals surface area contributed by atoms with Gasteiger partial charge in [0.15, 0.2) is 6.61 Å². The Morgan fingerprint density at radius 2 is 1.80 bits per heavy atom. The number of aromatic nitrogens is 1. The summed E-state index contributed by atoms with van der Waals surface area (Å²) in [4.78, 5) is 24.5. The number of nitrogens with zero attached hydrogens (tertiary/aromatic N) is 2. The molecule has 0 fully saturated rings. The van der Waals surface area contributed by atoms with E-state index in [0.29, 0.717) is 22.2 Å². The zero-order valence-corrected chi connectivity index (χ0v) is 24.0. The van der Waals surface area contributed by atoms with E-state index in [9.17, 15) is 9.59 Å². The van der Waals surface area contributed by atoms with Gasteiger partial charge in [-0.25, -0.2) is 10.2 Å². The van der Waals surface area contributed by atoms with Crippen LogP contribution >= 0.6 is 15.9 Å². The number of hydrogen-bond acceptors (Lipinski definition) is 5. The highest BCUT2D eigenvalue weighted by Crippen LogP contribution is 2.31. The lowest BCUT2D eigenvalue weighted by atomic mass is 10.1. The number of hydrazone groups is 1. The number of amides is 1.